The van der Waals surface area contributed by atoms with Crippen molar-refractivity contribution in [1.29, 1.82) is 0 Å². The van der Waals surface area contributed by atoms with Gasteiger partial charge in [-0.2, -0.15) is 0 Å². The van der Waals surface area contributed by atoms with Crippen LogP contribution in [0.3, 0.4) is 0 Å². The molecule has 1 atom stereocenters. The molecule has 1 aromatic carbocycles. The number of ether oxygens (including phenoxy) is 1. The fraction of sp³-hybridized carbons (Fsp3) is 0.409. The Kier molecular flexibility index (Phi) is 6.41. The third-order valence-electron chi connectivity index (χ3n) is 5.77. The Morgan fingerprint density at radius 2 is 1.97 bits per heavy atom. The number of nitrogens with zero attached hydrogens (tertiary/aromatic N) is 3. The van der Waals surface area contributed by atoms with Gasteiger partial charge in [-0.1, -0.05) is 23.7 Å². The maximum atomic E-state index is 12.8. The first-order valence-corrected chi connectivity index (χ1v) is 10.7. The van der Waals surface area contributed by atoms with Gasteiger partial charge < -0.3 is 10.1 Å². The van der Waals surface area contributed by atoms with Crippen molar-refractivity contribution in [3.8, 4) is 0 Å². The van der Waals surface area contributed by atoms with Crippen molar-refractivity contribution in [2.24, 2.45) is 0 Å². The van der Waals surface area contributed by atoms with Gasteiger partial charge >= 0.3 is 0 Å². The SMILES string of the molecule is Cc1nc2cc(=O)[nH]n2c(C)c1CC(=O)NCC(c1ccc(Cl)cc1)N1CCOCC1. The lowest BCUT2D eigenvalue weighted by Gasteiger charge is -2.35. The average Bonchev–Trinajstić information content (AvgIpc) is 3.13. The molecular weight excluding hydrogens is 418 g/mol. The second-order valence-corrected chi connectivity index (χ2v) is 8.21. The van der Waals surface area contributed by atoms with E-state index in [2.05, 4.69) is 20.3 Å². The van der Waals surface area contributed by atoms with Crippen molar-refractivity contribution in [1.82, 2.24) is 24.8 Å². The molecule has 0 radical (unpaired) electrons. The van der Waals surface area contributed by atoms with Crippen LogP contribution in [0.15, 0.2) is 35.1 Å². The minimum Gasteiger partial charge on any atom is -0.379 e. The molecule has 3 heterocycles. The van der Waals surface area contributed by atoms with E-state index < -0.39 is 0 Å². The van der Waals surface area contributed by atoms with Crippen molar-refractivity contribution in [2.75, 3.05) is 32.8 Å². The number of morpholine rings is 1. The molecule has 2 N–H and O–H groups in total. The van der Waals surface area contributed by atoms with E-state index >= 15 is 0 Å². The number of amides is 1. The van der Waals surface area contributed by atoms with Gasteiger partial charge in [0.05, 0.1) is 25.7 Å². The number of fused-ring (bicyclic) bond motifs is 1. The molecule has 1 aliphatic rings. The normalized spacial score (nSPS) is 15.8. The van der Waals surface area contributed by atoms with Gasteiger partial charge in [0.2, 0.25) is 5.91 Å². The lowest BCUT2D eigenvalue weighted by molar-refractivity contribution is -0.120. The molecule has 2 aromatic heterocycles. The number of hydrogen-bond donors (Lipinski definition) is 2. The van der Waals surface area contributed by atoms with Gasteiger partial charge in [-0.3, -0.25) is 19.6 Å². The molecule has 164 valence electrons. The molecule has 0 saturated carbocycles. The first kappa shape index (κ1) is 21.5. The van der Waals surface area contributed by atoms with Gasteiger partial charge in [0, 0.05) is 47.7 Å². The minimum atomic E-state index is -0.215. The molecule has 0 spiro atoms. The van der Waals surface area contributed by atoms with E-state index in [1.807, 2.05) is 38.1 Å². The molecule has 8 nitrogen and oxygen atoms in total. The summed E-state index contributed by atoms with van der Waals surface area (Å²) in [4.78, 5) is 31.3. The van der Waals surface area contributed by atoms with Crippen LogP contribution in [-0.4, -0.2) is 58.3 Å². The Bertz CT molecular complexity index is 1130. The van der Waals surface area contributed by atoms with Crippen LogP contribution in [-0.2, 0) is 16.0 Å². The number of aromatic amines is 1. The molecular formula is C22H26ClN5O3. The van der Waals surface area contributed by atoms with E-state index in [9.17, 15) is 9.59 Å². The van der Waals surface area contributed by atoms with Gasteiger partial charge in [-0.25, -0.2) is 9.50 Å². The number of H-pyrrole nitrogens is 1. The van der Waals surface area contributed by atoms with Crippen LogP contribution >= 0.6 is 11.6 Å². The van der Waals surface area contributed by atoms with Crippen molar-refractivity contribution in [3.05, 3.63) is 68.2 Å². The summed E-state index contributed by atoms with van der Waals surface area (Å²) in [7, 11) is 0. The number of aryl methyl sites for hydroxylation is 2. The smallest absolute Gasteiger partial charge is 0.266 e. The number of halogens is 1. The summed E-state index contributed by atoms with van der Waals surface area (Å²) in [5, 5.41) is 6.50. The number of nitrogens with one attached hydrogen (secondary N) is 2. The maximum absolute atomic E-state index is 12.8. The summed E-state index contributed by atoms with van der Waals surface area (Å²) in [5.41, 5.74) is 3.81. The fourth-order valence-electron chi connectivity index (χ4n) is 4.08. The molecule has 0 bridgehead atoms. The van der Waals surface area contributed by atoms with E-state index in [4.69, 9.17) is 16.3 Å². The van der Waals surface area contributed by atoms with E-state index in [1.165, 1.54) is 6.07 Å². The van der Waals surface area contributed by atoms with Crippen LogP contribution in [0.4, 0.5) is 0 Å². The second-order valence-electron chi connectivity index (χ2n) is 7.77. The summed E-state index contributed by atoms with van der Waals surface area (Å²) >= 11 is 6.06. The fourth-order valence-corrected chi connectivity index (χ4v) is 4.20. The van der Waals surface area contributed by atoms with Crippen molar-refractivity contribution in [2.45, 2.75) is 26.3 Å². The summed E-state index contributed by atoms with van der Waals surface area (Å²) in [6, 6.07) is 9.23. The number of carbonyl (C=O) groups is 1. The third kappa shape index (κ3) is 4.81. The van der Waals surface area contributed by atoms with Crippen molar-refractivity contribution >= 4 is 23.2 Å². The average molecular weight is 444 g/mol. The Morgan fingerprint density at radius 3 is 2.68 bits per heavy atom. The highest BCUT2D eigenvalue weighted by Crippen LogP contribution is 2.23. The predicted octanol–water partition coefficient (Wildman–Crippen LogP) is 2.03. The number of aromatic nitrogens is 3. The van der Waals surface area contributed by atoms with E-state index in [0.29, 0.717) is 30.4 Å². The van der Waals surface area contributed by atoms with Gasteiger partial charge in [-0.05, 0) is 31.5 Å². The Labute approximate surface area is 185 Å². The van der Waals surface area contributed by atoms with E-state index in [-0.39, 0.29) is 23.9 Å². The number of rotatable bonds is 6. The van der Waals surface area contributed by atoms with Crippen LogP contribution in [0, 0.1) is 13.8 Å². The molecule has 0 aliphatic carbocycles. The molecule has 4 rings (SSSR count). The number of hydrogen-bond acceptors (Lipinski definition) is 5. The Morgan fingerprint density at radius 1 is 1.26 bits per heavy atom. The van der Waals surface area contributed by atoms with E-state index in [1.54, 1.807) is 4.52 Å². The molecule has 1 fully saturated rings. The van der Waals surface area contributed by atoms with Gasteiger partial charge in [0.1, 0.15) is 0 Å². The summed E-state index contributed by atoms with van der Waals surface area (Å²) in [5.74, 6) is -0.0888. The summed E-state index contributed by atoms with van der Waals surface area (Å²) < 4.78 is 7.12. The van der Waals surface area contributed by atoms with Crippen LogP contribution in [0.25, 0.3) is 5.65 Å². The van der Waals surface area contributed by atoms with Crippen molar-refractivity contribution in [3.63, 3.8) is 0 Å². The summed E-state index contributed by atoms with van der Waals surface area (Å²) in [6.45, 7) is 7.19. The minimum absolute atomic E-state index is 0.0359. The molecule has 1 unspecified atom stereocenters. The largest absolute Gasteiger partial charge is 0.379 e. The molecule has 1 saturated heterocycles. The highest BCUT2D eigenvalue weighted by molar-refractivity contribution is 6.30. The third-order valence-corrected chi connectivity index (χ3v) is 6.03. The molecule has 31 heavy (non-hydrogen) atoms. The van der Waals surface area contributed by atoms with Gasteiger partial charge in [-0.15, -0.1) is 0 Å². The zero-order valence-electron chi connectivity index (χ0n) is 17.7. The maximum Gasteiger partial charge on any atom is 0.266 e. The first-order chi connectivity index (χ1) is 14.9. The molecule has 9 heteroatoms. The van der Waals surface area contributed by atoms with Crippen LogP contribution in [0.1, 0.15) is 28.6 Å². The predicted molar refractivity (Wildman–Crippen MR) is 119 cm³/mol. The zero-order valence-corrected chi connectivity index (χ0v) is 18.4. The van der Waals surface area contributed by atoms with Crippen LogP contribution in [0.2, 0.25) is 5.02 Å². The highest BCUT2D eigenvalue weighted by atomic mass is 35.5. The number of carbonyl (C=O) groups excluding carboxylic acids is 1. The number of benzene rings is 1. The van der Waals surface area contributed by atoms with Crippen LogP contribution in [0.5, 0.6) is 0 Å². The topological polar surface area (TPSA) is 91.7 Å². The second kappa shape index (κ2) is 9.21. The van der Waals surface area contributed by atoms with E-state index in [0.717, 1.165) is 35.6 Å². The Hall–Kier alpha value is -2.68. The Balaban J connectivity index is 1.49. The first-order valence-electron chi connectivity index (χ1n) is 10.3. The van der Waals surface area contributed by atoms with Crippen LogP contribution < -0.4 is 10.9 Å². The standard InChI is InChI=1S/C22H26ClN5O3/c1-14-18(15(2)28-20(25-14)12-22(30)26-28)11-21(29)24-13-19(27-7-9-31-10-8-27)16-3-5-17(23)6-4-16/h3-6,12,19H,7-11,13H2,1-2H3,(H,24,29)(H,26,30). The quantitative estimate of drug-likeness (QED) is 0.608. The molecule has 3 aromatic rings. The highest BCUT2D eigenvalue weighted by Gasteiger charge is 2.23. The molecule has 1 amide bonds. The summed E-state index contributed by atoms with van der Waals surface area (Å²) in [6.07, 6.45) is 0.192. The zero-order chi connectivity index (χ0) is 22.0. The van der Waals surface area contributed by atoms with Gasteiger partial charge in [0.15, 0.2) is 5.65 Å². The monoisotopic (exact) mass is 443 g/mol. The van der Waals surface area contributed by atoms with Crippen molar-refractivity contribution < 1.29 is 9.53 Å². The van der Waals surface area contributed by atoms with Gasteiger partial charge in [0.25, 0.3) is 5.56 Å². The molecule has 1 aliphatic heterocycles. The lowest BCUT2D eigenvalue weighted by Crippen LogP contribution is -2.44. The lowest BCUT2D eigenvalue weighted by atomic mass is 10.0.